The molecule has 0 aromatic rings. The van der Waals surface area contributed by atoms with Gasteiger partial charge in [-0.15, -0.1) is 0 Å². The fourth-order valence-electron chi connectivity index (χ4n) is 5.72. The molecule has 0 bridgehead atoms. The van der Waals surface area contributed by atoms with Gasteiger partial charge in [0.1, 0.15) is 11.7 Å². The maximum absolute atomic E-state index is 12.6. The predicted molar refractivity (Wildman–Crippen MR) is 111 cm³/mol. The number of carbonyl (C=O) groups excluding carboxylic acids is 1. The average molecular weight is 413 g/mol. The van der Waals surface area contributed by atoms with Crippen LogP contribution in [0.1, 0.15) is 79.1 Å². The Morgan fingerprint density at radius 2 is 1.83 bits per heavy atom. The van der Waals surface area contributed by atoms with Crippen molar-refractivity contribution < 1.29 is 30.0 Å². The number of unbranched alkanes of at least 4 members (excludes halogenated alkanes) is 4. The first-order chi connectivity index (χ1) is 13.6. The number of aliphatic hydroxyl groups is 4. The van der Waals surface area contributed by atoms with Crippen LogP contribution in [0.2, 0.25) is 0 Å². The van der Waals surface area contributed by atoms with Crippen LogP contribution < -0.4 is 0 Å². The molecule has 2 aliphatic rings. The first-order valence-electron chi connectivity index (χ1n) is 11.1. The van der Waals surface area contributed by atoms with Crippen LogP contribution >= 0.6 is 0 Å². The fraction of sp³-hybridized carbons (Fsp3) is 0.870. The molecule has 6 heteroatoms. The van der Waals surface area contributed by atoms with Gasteiger partial charge in [-0.3, -0.25) is 4.79 Å². The molecule has 2 aliphatic carbocycles. The lowest BCUT2D eigenvalue weighted by Gasteiger charge is -2.63. The number of fused-ring (bicyclic) bond motifs is 1. The number of hydrogen-bond donors (Lipinski definition) is 4. The standard InChI is InChI=1S/C23H40O6/c1-5-6-7-8-9-10-19(27)29-17-13-16(14-24)23(28,15-25)22(4)18(26)11-12-21(2,3)20(17)22/h13,17-18,20,24-26,28H,5-12,14-15H2,1-4H3/t17-,18-,20-,22-,23-/m0/s1. The SMILES string of the molecule is CCCCCCCC(=O)O[C@H]1C=C(CO)[C@@](O)(CO)[C@@]2(C)[C@@H](O)CCC(C)(C)[C@H]12. The van der Waals surface area contributed by atoms with Crippen LogP contribution in [0.4, 0.5) is 0 Å². The van der Waals surface area contributed by atoms with Crippen LogP contribution in [0.5, 0.6) is 0 Å². The van der Waals surface area contributed by atoms with Crippen molar-refractivity contribution >= 4 is 5.97 Å². The van der Waals surface area contributed by atoms with E-state index in [0.29, 0.717) is 19.3 Å². The fourth-order valence-corrected chi connectivity index (χ4v) is 5.72. The topological polar surface area (TPSA) is 107 Å². The molecule has 4 N–H and O–H groups in total. The Hall–Kier alpha value is -0.950. The van der Waals surface area contributed by atoms with E-state index in [1.807, 2.05) is 13.8 Å². The van der Waals surface area contributed by atoms with Gasteiger partial charge in [-0.1, -0.05) is 53.4 Å². The van der Waals surface area contributed by atoms with Gasteiger partial charge in [-0.2, -0.15) is 0 Å². The number of hydrogen-bond acceptors (Lipinski definition) is 6. The van der Waals surface area contributed by atoms with Crippen molar-refractivity contribution in [2.45, 2.75) is 96.9 Å². The molecular weight excluding hydrogens is 372 g/mol. The van der Waals surface area contributed by atoms with Gasteiger partial charge < -0.3 is 25.2 Å². The summed E-state index contributed by atoms with van der Waals surface area (Å²) in [4.78, 5) is 12.6. The average Bonchev–Trinajstić information content (AvgIpc) is 2.67. The number of aliphatic hydroxyl groups excluding tert-OH is 3. The van der Waals surface area contributed by atoms with E-state index in [0.717, 1.165) is 32.1 Å². The van der Waals surface area contributed by atoms with Crippen molar-refractivity contribution in [2.75, 3.05) is 13.2 Å². The van der Waals surface area contributed by atoms with Crippen molar-refractivity contribution in [1.82, 2.24) is 0 Å². The van der Waals surface area contributed by atoms with E-state index in [9.17, 15) is 25.2 Å². The van der Waals surface area contributed by atoms with Gasteiger partial charge in [0, 0.05) is 17.8 Å². The summed E-state index contributed by atoms with van der Waals surface area (Å²) in [5.41, 5.74) is -3.05. The molecule has 0 amide bonds. The lowest BCUT2D eigenvalue weighted by molar-refractivity contribution is -0.237. The van der Waals surface area contributed by atoms with Crippen molar-refractivity contribution in [2.24, 2.45) is 16.7 Å². The Morgan fingerprint density at radius 3 is 2.41 bits per heavy atom. The summed E-state index contributed by atoms with van der Waals surface area (Å²) in [5, 5.41) is 42.3. The van der Waals surface area contributed by atoms with Gasteiger partial charge in [0.05, 0.1) is 19.3 Å². The molecule has 6 nitrogen and oxygen atoms in total. The molecule has 0 unspecified atom stereocenters. The Balaban J connectivity index is 2.31. The van der Waals surface area contributed by atoms with Crippen molar-refractivity contribution in [1.29, 1.82) is 0 Å². The summed E-state index contributed by atoms with van der Waals surface area (Å²) in [6.07, 6.45) is 6.73. The van der Waals surface area contributed by atoms with Crippen molar-refractivity contribution in [3.05, 3.63) is 11.6 Å². The molecule has 1 saturated carbocycles. The van der Waals surface area contributed by atoms with E-state index in [-0.39, 0.29) is 17.0 Å². The smallest absolute Gasteiger partial charge is 0.306 e. The summed E-state index contributed by atoms with van der Waals surface area (Å²) in [5.74, 6) is -0.692. The molecule has 0 saturated heterocycles. The molecule has 168 valence electrons. The summed E-state index contributed by atoms with van der Waals surface area (Å²) in [6, 6.07) is 0. The zero-order chi connectivity index (χ0) is 21.9. The molecule has 1 fully saturated rings. The second-order valence-electron chi connectivity index (χ2n) is 9.79. The Morgan fingerprint density at radius 1 is 1.17 bits per heavy atom. The molecule has 0 aromatic heterocycles. The molecule has 0 aliphatic heterocycles. The summed E-state index contributed by atoms with van der Waals surface area (Å²) in [6.45, 7) is 6.89. The van der Waals surface area contributed by atoms with Crippen LogP contribution in [0.15, 0.2) is 11.6 Å². The third kappa shape index (κ3) is 4.41. The Kier molecular flexibility index (Phi) is 7.93. The van der Waals surface area contributed by atoms with Crippen LogP contribution in [-0.4, -0.2) is 57.4 Å². The van der Waals surface area contributed by atoms with Gasteiger partial charge >= 0.3 is 5.97 Å². The zero-order valence-corrected chi connectivity index (χ0v) is 18.5. The van der Waals surface area contributed by atoms with Crippen molar-refractivity contribution in [3.63, 3.8) is 0 Å². The molecule has 0 spiro atoms. The van der Waals surface area contributed by atoms with Crippen LogP contribution in [0, 0.1) is 16.7 Å². The second kappa shape index (κ2) is 9.46. The Bertz CT molecular complexity index is 600. The van der Waals surface area contributed by atoms with Gasteiger partial charge in [0.15, 0.2) is 0 Å². The maximum Gasteiger partial charge on any atom is 0.306 e. The highest BCUT2D eigenvalue weighted by molar-refractivity contribution is 5.69. The predicted octanol–water partition coefficient (Wildman–Crippen LogP) is 2.72. The van der Waals surface area contributed by atoms with Gasteiger partial charge in [-0.25, -0.2) is 0 Å². The number of carbonyl (C=O) groups is 1. The lowest BCUT2D eigenvalue weighted by atomic mass is 9.45. The maximum atomic E-state index is 12.6. The molecular formula is C23H40O6. The molecule has 5 atom stereocenters. The largest absolute Gasteiger partial charge is 0.458 e. The highest BCUT2D eigenvalue weighted by Gasteiger charge is 2.67. The van der Waals surface area contributed by atoms with E-state index in [1.165, 1.54) is 0 Å². The number of esters is 1. The molecule has 29 heavy (non-hydrogen) atoms. The zero-order valence-electron chi connectivity index (χ0n) is 18.5. The summed E-state index contributed by atoms with van der Waals surface area (Å²) >= 11 is 0. The van der Waals surface area contributed by atoms with Gasteiger partial charge in [0.25, 0.3) is 0 Å². The third-order valence-electron chi connectivity index (χ3n) is 7.51. The van der Waals surface area contributed by atoms with Gasteiger partial charge in [0.2, 0.25) is 0 Å². The molecule has 0 heterocycles. The highest BCUT2D eigenvalue weighted by atomic mass is 16.5. The van der Waals surface area contributed by atoms with E-state index < -0.39 is 42.4 Å². The number of ether oxygens (including phenoxy) is 1. The summed E-state index contributed by atoms with van der Waals surface area (Å²) in [7, 11) is 0. The first-order valence-corrected chi connectivity index (χ1v) is 11.1. The number of rotatable bonds is 9. The lowest BCUT2D eigenvalue weighted by Crippen LogP contribution is -2.70. The monoisotopic (exact) mass is 412 g/mol. The second-order valence-corrected chi connectivity index (χ2v) is 9.79. The van der Waals surface area contributed by atoms with Crippen LogP contribution in [-0.2, 0) is 9.53 Å². The highest BCUT2D eigenvalue weighted by Crippen LogP contribution is 2.61. The minimum Gasteiger partial charge on any atom is -0.458 e. The molecule has 0 aromatic carbocycles. The van der Waals surface area contributed by atoms with Crippen LogP contribution in [0.25, 0.3) is 0 Å². The van der Waals surface area contributed by atoms with Gasteiger partial charge in [-0.05, 0) is 36.3 Å². The van der Waals surface area contributed by atoms with E-state index in [1.54, 1.807) is 13.0 Å². The first kappa shape index (κ1) is 24.3. The minimum atomic E-state index is -1.77. The van der Waals surface area contributed by atoms with Crippen molar-refractivity contribution in [3.8, 4) is 0 Å². The quantitative estimate of drug-likeness (QED) is 0.264. The summed E-state index contributed by atoms with van der Waals surface area (Å²) < 4.78 is 5.86. The van der Waals surface area contributed by atoms with E-state index >= 15 is 0 Å². The Labute approximate surface area is 175 Å². The van der Waals surface area contributed by atoms with Crippen LogP contribution in [0.3, 0.4) is 0 Å². The van der Waals surface area contributed by atoms with E-state index in [4.69, 9.17) is 4.74 Å². The van der Waals surface area contributed by atoms with E-state index in [2.05, 4.69) is 6.92 Å². The molecule has 2 rings (SSSR count). The molecule has 0 radical (unpaired) electrons. The normalized spacial score (nSPS) is 36.3. The minimum absolute atomic E-state index is 0.205. The third-order valence-corrected chi connectivity index (χ3v) is 7.51.